The zero-order chi connectivity index (χ0) is 18.0. The second-order valence-corrected chi connectivity index (χ2v) is 6.64. The van der Waals surface area contributed by atoms with E-state index in [1.165, 1.54) is 11.3 Å². The zero-order valence-electron chi connectivity index (χ0n) is 14.3. The third kappa shape index (κ3) is 3.41. The number of esters is 1. The van der Waals surface area contributed by atoms with Gasteiger partial charge in [-0.3, -0.25) is 4.79 Å². The predicted octanol–water partition coefficient (Wildman–Crippen LogP) is 3.08. The summed E-state index contributed by atoms with van der Waals surface area (Å²) >= 11 is 1.31. The average molecular weight is 357 g/mol. The van der Waals surface area contributed by atoms with Gasteiger partial charge in [0.1, 0.15) is 9.71 Å². The number of fused-ring (bicyclic) bond motifs is 1. The number of amides is 1. The molecule has 1 amide bonds. The molecule has 0 spiro atoms. The molecule has 0 aliphatic heterocycles. The Morgan fingerprint density at radius 3 is 2.72 bits per heavy atom. The highest BCUT2D eigenvalue weighted by atomic mass is 32.1. The Kier molecular flexibility index (Phi) is 4.85. The fourth-order valence-electron chi connectivity index (χ4n) is 2.48. The number of carbonyl (C=O) groups excluding carboxylic acids is 2. The van der Waals surface area contributed by atoms with Crippen LogP contribution in [0.5, 0.6) is 0 Å². The molecule has 2 aromatic heterocycles. The van der Waals surface area contributed by atoms with E-state index in [1.807, 2.05) is 48.9 Å². The van der Waals surface area contributed by atoms with Crippen molar-refractivity contribution in [3.8, 4) is 5.69 Å². The number of aryl methyl sites for hydroxylation is 1. The number of rotatable bonds is 5. The fourth-order valence-corrected chi connectivity index (χ4v) is 3.55. The Morgan fingerprint density at radius 1 is 1.32 bits per heavy atom. The van der Waals surface area contributed by atoms with Gasteiger partial charge in [-0.25, -0.2) is 9.48 Å². The summed E-state index contributed by atoms with van der Waals surface area (Å²) in [5, 5.41) is 8.09. The number of nitrogens with one attached hydrogen (secondary N) is 1. The molecule has 0 aliphatic rings. The summed E-state index contributed by atoms with van der Waals surface area (Å²) in [6.07, 6.45) is -0.829. The minimum atomic E-state index is -0.829. The van der Waals surface area contributed by atoms with Gasteiger partial charge in [0.25, 0.3) is 5.91 Å². The first kappa shape index (κ1) is 17.2. The zero-order valence-corrected chi connectivity index (χ0v) is 15.1. The number of nitrogens with zero attached hydrogens (tertiary/aromatic N) is 2. The highest BCUT2D eigenvalue weighted by Crippen LogP contribution is 2.30. The van der Waals surface area contributed by atoms with Gasteiger partial charge in [0.2, 0.25) is 0 Å². The van der Waals surface area contributed by atoms with Crippen molar-refractivity contribution in [3.63, 3.8) is 0 Å². The number of ether oxygens (including phenoxy) is 1. The molecule has 0 aliphatic carbocycles. The molecule has 25 heavy (non-hydrogen) atoms. The van der Waals surface area contributed by atoms with Gasteiger partial charge in [0.05, 0.1) is 11.4 Å². The van der Waals surface area contributed by atoms with Crippen LogP contribution in [0.2, 0.25) is 0 Å². The second-order valence-electron chi connectivity index (χ2n) is 5.60. The molecule has 0 fully saturated rings. The quantitative estimate of drug-likeness (QED) is 0.712. The molecule has 0 unspecified atom stereocenters. The van der Waals surface area contributed by atoms with Crippen LogP contribution in [0, 0.1) is 6.92 Å². The summed E-state index contributed by atoms with van der Waals surface area (Å²) in [4.78, 5) is 25.4. The molecule has 3 aromatic rings. The number of benzene rings is 1. The van der Waals surface area contributed by atoms with E-state index >= 15 is 0 Å². The van der Waals surface area contributed by atoms with Crippen LogP contribution in [0.3, 0.4) is 0 Å². The summed E-state index contributed by atoms with van der Waals surface area (Å²) in [6, 6.07) is 11.5. The number of carbonyl (C=O) groups is 2. The van der Waals surface area contributed by atoms with Crippen molar-refractivity contribution in [2.45, 2.75) is 26.9 Å². The monoisotopic (exact) mass is 357 g/mol. The van der Waals surface area contributed by atoms with Gasteiger partial charge in [0.15, 0.2) is 6.10 Å². The van der Waals surface area contributed by atoms with Gasteiger partial charge in [0, 0.05) is 11.9 Å². The number of hydrogen-bond acceptors (Lipinski definition) is 5. The number of para-hydroxylation sites is 1. The van der Waals surface area contributed by atoms with Crippen molar-refractivity contribution >= 4 is 33.4 Å². The summed E-state index contributed by atoms with van der Waals surface area (Å²) in [6.45, 7) is 5.78. The third-order valence-corrected chi connectivity index (χ3v) is 4.84. The number of likely N-dealkylation sites (N-methyl/N-ethyl adjacent to an activating group) is 1. The summed E-state index contributed by atoms with van der Waals surface area (Å²) in [5.74, 6) is -0.803. The van der Waals surface area contributed by atoms with E-state index in [-0.39, 0.29) is 5.91 Å². The van der Waals surface area contributed by atoms with Crippen molar-refractivity contribution in [2.24, 2.45) is 0 Å². The first-order valence-electron chi connectivity index (χ1n) is 8.04. The van der Waals surface area contributed by atoms with Crippen molar-refractivity contribution in [3.05, 3.63) is 47.0 Å². The highest BCUT2D eigenvalue weighted by Gasteiger charge is 2.22. The Labute approximate surface area is 149 Å². The molecule has 1 aromatic carbocycles. The van der Waals surface area contributed by atoms with E-state index < -0.39 is 12.1 Å². The lowest BCUT2D eigenvalue weighted by Gasteiger charge is -2.11. The van der Waals surface area contributed by atoms with Crippen LogP contribution in [0.15, 0.2) is 36.4 Å². The van der Waals surface area contributed by atoms with Crippen molar-refractivity contribution in [2.75, 3.05) is 6.54 Å². The Hall–Kier alpha value is -2.67. The smallest absolute Gasteiger partial charge is 0.349 e. The summed E-state index contributed by atoms with van der Waals surface area (Å²) in [7, 11) is 0. The highest BCUT2D eigenvalue weighted by molar-refractivity contribution is 7.20. The third-order valence-electron chi connectivity index (χ3n) is 3.75. The minimum absolute atomic E-state index is 0.302. The molecule has 2 heterocycles. The van der Waals surface area contributed by atoms with Crippen LogP contribution in [0.4, 0.5) is 0 Å². The van der Waals surface area contributed by atoms with Gasteiger partial charge >= 0.3 is 5.97 Å². The van der Waals surface area contributed by atoms with Crippen LogP contribution in [-0.2, 0) is 9.53 Å². The van der Waals surface area contributed by atoms with Crippen LogP contribution >= 0.6 is 11.3 Å². The summed E-state index contributed by atoms with van der Waals surface area (Å²) in [5.41, 5.74) is 1.77. The van der Waals surface area contributed by atoms with Gasteiger partial charge < -0.3 is 10.1 Å². The van der Waals surface area contributed by atoms with Crippen molar-refractivity contribution in [1.29, 1.82) is 0 Å². The molecule has 7 heteroatoms. The minimum Gasteiger partial charge on any atom is -0.448 e. The largest absolute Gasteiger partial charge is 0.448 e. The average Bonchev–Trinajstić information content (AvgIpc) is 3.17. The Morgan fingerprint density at radius 2 is 2.04 bits per heavy atom. The lowest BCUT2D eigenvalue weighted by atomic mass is 10.3. The molecule has 0 radical (unpaired) electrons. The molecule has 3 rings (SSSR count). The molecule has 130 valence electrons. The molecular formula is C18H19N3O3S. The van der Waals surface area contributed by atoms with E-state index in [0.29, 0.717) is 11.4 Å². The van der Waals surface area contributed by atoms with Crippen LogP contribution < -0.4 is 5.32 Å². The maximum atomic E-state index is 12.4. The predicted molar refractivity (Wildman–Crippen MR) is 97.2 cm³/mol. The number of hydrogen-bond donors (Lipinski definition) is 1. The van der Waals surface area contributed by atoms with E-state index in [4.69, 9.17) is 4.74 Å². The normalized spacial score (nSPS) is 12.1. The number of thiophene rings is 1. The summed E-state index contributed by atoms with van der Waals surface area (Å²) < 4.78 is 7.08. The van der Waals surface area contributed by atoms with E-state index in [2.05, 4.69) is 10.4 Å². The Bertz CT molecular complexity index is 914. The molecule has 0 bridgehead atoms. The number of aromatic nitrogens is 2. The molecule has 1 atom stereocenters. The second kappa shape index (κ2) is 7.06. The van der Waals surface area contributed by atoms with Gasteiger partial charge in [-0.05, 0) is 39.0 Å². The lowest BCUT2D eigenvalue weighted by molar-refractivity contribution is -0.128. The maximum Gasteiger partial charge on any atom is 0.349 e. The van der Waals surface area contributed by atoms with Crippen LogP contribution in [-0.4, -0.2) is 34.3 Å². The van der Waals surface area contributed by atoms with Crippen molar-refractivity contribution < 1.29 is 14.3 Å². The van der Waals surface area contributed by atoms with Gasteiger partial charge in [-0.15, -0.1) is 11.3 Å². The topological polar surface area (TPSA) is 73.2 Å². The molecule has 6 nitrogen and oxygen atoms in total. The van der Waals surface area contributed by atoms with Gasteiger partial charge in [-0.2, -0.15) is 5.10 Å². The SMILES string of the molecule is CCNC(=O)[C@@H](C)OC(=O)c1cc2c(C)nn(-c3ccccc3)c2s1. The van der Waals surface area contributed by atoms with E-state index in [0.717, 1.165) is 21.6 Å². The standard InChI is InChI=1S/C18H19N3O3S/c1-4-19-16(22)12(3)24-18(23)15-10-14-11(2)20-21(17(14)25-15)13-8-6-5-7-9-13/h5-10,12H,4H2,1-3H3,(H,19,22)/t12-/m1/s1. The Balaban J connectivity index is 1.89. The maximum absolute atomic E-state index is 12.4. The molecule has 0 saturated heterocycles. The van der Waals surface area contributed by atoms with Crippen LogP contribution in [0.25, 0.3) is 15.9 Å². The lowest BCUT2D eigenvalue weighted by Crippen LogP contribution is -2.35. The van der Waals surface area contributed by atoms with E-state index in [1.54, 1.807) is 13.0 Å². The van der Waals surface area contributed by atoms with E-state index in [9.17, 15) is 9.59 Å². The molecule has 1 N–H and O–H groups in total. The fraction of sp³-hybridized carbons (Fsp3) is 0.278. The van der Waals surface area contributed by atoms with Crippen LogP contribution in [0.1, 0.15) is 29.2 Å². The van der Waals surface area contributed by atoms with Crippen molar-refractivity contribution in [1.82, 2.24) is 15.1 Å². The molecular weight excluding hydrogens is 338 g/mol. The molecule has 0 saturated carbocycles. The first-order valence-corrected chi connectivity index (χ1v) is 8.86. The first-order chi connectivity index (χ1) is 12.0. The van der Waals surface area contributed by atoms with Gasteiger partial charge in [-0.1, -0.05) is 18.2 Å².